The lowest BCUT2D eigenvalue weighted by atomic mass is 10.2. The molecule has 130 valence electrons. The van der Waals surface area contributed by atoms with Gasteiger partial charge in [-0.15, -0.1) is 0 Å². The third kappa shape index (κ3) is 4.22. The van der Waals surface area contributed by atoms with Crippen molar-refractivity contribution in [2.75, 3.05) is 18.5 Å². The Balaban J connectivity index is 1.51. The lowest BCUT2D eigenvalue weighted by molar-refractivity contribution is -0.136. The molecule has 1 aliphatic rings. The highest BCUT2D eigenvalue weighted by molar-refractivity contribution is 6.39. The summed E-state index contributed by atoms with van der Waals surface area (Å²) >= 11 is 6.00. The molecular formula is C18H17ClN2O4. The van der Waals surface area contributed by atoms with Gasteiger partial charge < -0.3 is 20.1 Å². The minimum Gasteiger partial charge on any atom is -0.486 e. The molecule has 0 saturated carbocycles. The molecule has 2 aromatic rings. The monoisotopic (exact) mass is 360 g/mol. The molecule has 1 aliphatic heterocycles. The molecule has 0 aromatic heterocycles. The van der Waals surface area contributed by atoms with Gasteiger partial charge in [0.1, 0.15) is 12.7 Å². The number of halogens is 1. The van der Waals surface area contributed by atoms with Crippen LogP contribution < -0.4 is 20.1 Å². The van der Waals surface area contributed by atoms with Gasteiger partial charge in [-0.1, -0.05) is 29.8 Å². The Hall–Kier alpha value is -2.73. The first-order valence-electron chi connectivity index (χ1n) is 7.77. The van der Waals surface area contributed by atoms with Gasteiger partial charge in [-0.3, -0.25) is 9.59 Å². The van der Waals surface area contributed by atoms with Crippen molar-refractivity contribution < 1.29 is 19.1 Å². The van der Waals surface area contributed by atoms with Crippen LogP contribution in [0.3, 0.4) is 0 Å². The number of hydrogen-bond acceptors (Lipinski definition) is 4. The summed E-state index contributed by atoms with van der Waals surface area (Å²) in [7, 11) is 0. The minimum atomic E-state index is -0.767. The highest BCUT2D eigenvalue weighted by Crippen LogP contribution is 2.30. The Morgan fingerprint density at radius 3 is 2.68 bits per heavy atom. The Morgan fingerprint density at radius 2 is 1.92 bits per heavy atom. The van der Waals surface area contributed by atoms with Gasteiger partial charge in [-0.2, -0.15) is 0 Å². The number of anilines is 1. The normalized spacial score (nSPS) is 15.4. The number of fused-ring (bicyclic) bond motifs is 1. The largest absolute Gasteiger partial charge is 0.486 e. The fourth-order valence-electron chi connectivity index (χ4n) is 2.31. The van der Waals surface area contributed by atoms with Gasteiger partial charge in [0, 0.05) is 10.7 Å². The fourth-order valence-corrected chi connectivity index (χ4v) is 2.49. The number of carbonyl (C=O) groups is 2. The van der Waals surface area contributed by atoms with Gasteiger partial charge >= 0.3 is 11.8 Å². The van der Waals surface area contributed by atoms with E-state index < -0.39 is 11.8 Å². The lowest BCUT2D eigenvalue weighted by Crippen LogP contribution is -2.44. The zero-order valence-corrected chi connectivity index (χ0v) is 14.3. The van der Waals surface area contributed by atoms with Crippen LogP contribution in [0.1, 0.15) is 5.56 Å². The van der Waals surface area contributed by atoms with E-state index in [0.717, 1.165) is 5.56 Å². The molecule has 2 aromatic carbocycles. The average Bonchev–Trinajstić information content (AvgIpc) is 2.62. The van der Waals surface area contributed by atoms with Crippen LogP contribution in [0, 0.1) is 6.92 Å². The SMILES string of the molecule is Cc1ccc(NC(=O)C(=O)NC[C@H]2COc3ccccc3O2)cc1Cl. The summed E-state index contributed by atoms with van der Waals surface area (Å²) in [5.41, 5.74) is 1.35. The van der Waals surface area contributed by atoms with Gasteiger partial charge in [0.05, 0.1) is 6.54 Å². The molecule has 6 nitrogen and oxygen atoms in total. The Labute approximate surface area is 150 Å². The summed E-state index contributed by atoms with van der Waals surface area (Å²) in [5.74, 6) is -0.234. The molecule has 2 amide bonds. The number of carbonyl (C=O) groups excluding carboxylic acids is 2. The van der Waals surface area contributed by atoms with Crippen LogP contribution in [-0.4, -0.2) is 31.1 Å². The van der Waals surface area contributed by atoms with Gasteiger partial charge in [-0.05, 0) is 36.8 Å². The number of benzene rings is 2. The summed E-state index contributed by atoms with van der Waals surface area (Å²) in [5, 5.41) is 5.56. The van der Waals surface area contributed by atoms with E-state index >= 15 is 0 Å². The topological polar surface area (TPSA) is 76.7 Å². The maximum atomic E-state index is 11.9. The molecule has 2 N–H and O–H groups in total. The van der Waals surface area contributed by atoms with E-state index in [1.807, 2.05) is 25.1 Å². The molecule has 0 unspecified atom stereocenters. The van der Waals surface area contributed by atoms with Crippen molar-refractivity contribution in [3.63, 3.8) is 0 Å². The fraction of sp³-hybridized carbons (Fsp3) is 0.222. The van der Waals surface area contributed by atoms with E-state index in [1.54, 1.807) is 24.3 Å². The van der Waals surface area contributed by atoms with Gasteiger partial charge in [0.25, 0.3) is 0 Å². The second kappa shape index (κ2) is 7.44. The zero-order chi connectivity index (χ0) is 17.8. The number of ether oxygens (including phenoxy) is 2. The summed E-state index contributed by atoms with van der Waals surface area (Å²) < 4.78 is 11.3. The van der Waals surface area contributed by atoms with Crippen molar-refractivity contribution in [1.82, 2.24) is 5.32 Å². The number of amides is 2. The third-order valence-corrected chi connectivity index (χ3v) is 4.10. The Kier molecular flexibility index (Phi) is 5.09. The third-order valence-electron chi connectivity index (χ3n) is 3.69. The maximum absolute atomic E-state index is 11.9. The van der Waals surface area contributed by atoms with Crippen LogP contribution in [0.25, 0.3) is 0 Å². The molecule has 0 aliphatic carbocycles. The smallest absolute Gasteiger partial charge is 0.313 e. The molecule has 0 saturated heterocycles. The summed E-state index contributed by atoms with van der Waals surface area (Å²) in [6.07, 6.45) is -0.361. The Bertz CT molecular complexity index is 809. The molecular weight excluding hydrogens is 344 g/mol. The molecule has 0 radical (unpaired) electrons. The van der Waals surface area contributed by atoms with Gasteiger partial charge in [-0.25, -0.2) is 0 Å². The molecule has 1 atom stereocenters. The predicted molar refractivity (Wildman–Crippen MR) is 94.2 cm³/mol. The summed E-state index contributed by atoms with van der Waals surface area (Å²) in [6, 6.07) is 12.3. The first-order chi connectivity index (χ1) is 12.0. The van der Waals surface area contributed by atoms with Crippen molar-refractivity contribution in [1.29, 1.82) is 0 Å². The number of hydrogen-bond donors (Lipinski definition) is 2. The van der Waals surface area contributed by atoms with Crippen LogP contribution >= 0.6 is 11.6 Å². The molecule has 3 rings (SSSR count). The Morgan fingerprint density at radius 1 is 1.16 bits per heavy atom. The van der Waals surface area contributed by atoms with E-state index in [9.17, 15) is 9.59 Å². The van der Waals surface area contributed by atoms with Crippen molar-refractivity contribution in [3.05, 3.63) is 53.1 Å². The van der Waals surface area contributed by atoms with Crippen LogP contribution in [0.15, 0.2) is 42.5 Å². The standard InChI is InChI=1S/C18H17ClN2O4/c1-11-6-7-12(8-14(11)19)21-18(23)17(22)20-9-13-10-24-15-4-2-3-5-16(15)25-13/h2-8,13H,9-10H2,1H3,(H,20,22)(H,21,23)/t13-/m0/s1. The first kappa shape index (κ1) is 17.1. The van der Waals surface area contributed by atoms with Crippen LogP contribution in [0.5, 0.6) is 11.5 Å². The van der Waals surface area contributed by atoms with Crippen LogP contribution in [-0.2, 0) is 9.59 Å². The molecule has 25 heavy (non-hydrogen) atoms. The molecule has 7 heteroatoms. The van der Waals surface area contributed by atoms with E-state index in [4.69, 9.17) is 21.1 Å². The van der Waals surface area contributed by atoms with Crippen LogP contribution in [0.2, 0.25) is 5.02 Å². The van der Waals surface area contributed by atoms with Crippen molar-refractivity contribution >= 4 is 29.1 Å². The van der Waals surface area contributed by atoms with E-state index in [0.29, 0.717) is 28.8 Å². The summed E-state index contributed by atoms with van der Waals surface area (Å²) in [4.78, 5) is 23.9. The molecule has 1 heterocycles. The highest BCUT2D eigenvalue weighted by Gasteiger charge is 2.22. The second-order valence-electron chi connectivity index (χ2n) is 5.63. The highest BCUT2D eigenvalue weighted by atomic mass is 35.5. The minimum absolute atomic E-state index is 0.162. The lowest BCUT2D eigenvalue weighted by Gasteiger charge is -2.26. The maximum Gasteiger partial charge on any atom is 0.313 e. The van der Waals surface area contributed by atoms with E-state index in [2.05, 4.69) is 10.6 Å². The van der Waals surface area contributed by atoms with E-state index in [-0.39, 0.29) is 12.6 Å². The number of aryl methyl sites for hydroxylation is 1. The molecule has 0 fully saturated rings. The molecule has 0 spiro atoms. The van der Waals surface area contributed by atoms with Crippen molar-refractivity contribution in [2.45, 2.75) is 13.0 Å². The van der Waals surface area contributed by atoms with Gasteiger partial charge in [0.2, 0.25) is 0 Å². The van der Waals surface area contributed by atoms with Crippen LogP contribution in [0.4, 0.5) is 5.69 Å². The number of para-hydroxylation sites is 2. The second-order valence-corrected chi connectivity index (χ2v) is 6.03. The predicted octanol–water partition coefficient (Wildman–Crippen LogP) is 2.54. The zero-order valence-electron chi connectivity index (χ0n) is 13.5. The van der Waals surface area contributed by atoms with Gasteiger partial charge in [0.15, 0.2) is 11.5 Å². The quantitative estimate of drug-likeness (QED) is 0.825. The number of rotatable bonds is 3. The average molecular weight is 361 g/mol. The summed E-state index contributed by atoms with van der Waals surface area (Å²) in [6.45, 7) is 2.31. The van der Waals surface area contributed by atoms with Crippen molar-refractivity contribution in [3.8, 4) is 11.5 Å². The van der Waals surface area contributed by atoms with E-state index in [1.165, 1.54) is 0 Å². The van der Waals surface area contributed by atoms with Crippen molar-refractivity contribution in [2.24, 2.45) is 0 Å². The number of nitrogens with one attached hydrogen (secondary N) is 2. The molecule has 0 bridgehead atoms. The first-order valence-corrected chi connectivity index (χ1v) is 8.14.